The molecule has 0 aromatic rings. The summed E-state index contributed by atoms with van der Waals surface area (Å²) in [4.78, 5) is 0. The van der Waals surface area contributed by atoms with Crippen molar-refractivity contribution in [1.82, 2.24) is 0 Å². The summed E-state index contributed by atoms with van der Waals surface area (Å²) in [5.41, 5.74) is 0. The average molecular weight is 307 g/mol. The molecular formula is C12H30O3Si3. The highest BCUT2D eigenvalue weighted by Crippen LogP contribution is 2.28. The van der Waals surface area contributed by atoms with Gasteiger partial charge in [0.2, 0.25) is 0 Å². The second kappa shape index (κ2) is 6.62. The van der Waals surface area contributed by atoms with Gasteiger partial charge in [0.05, 0.1) is 0 Å². The maximum atomic E-state index is 8.96. The zero-order chi connectivity index (χ0) is 14.6. The van der Waals surface area contributed by atoms with Crippen molar-refractivity contribution < 1.29 is 13.3 Å². The van der Waals surface area contributed by atoms with Gasteiger partial charge in [-0.3, -0.25) is 0 Å². The minimum atomic E-state index is -2.34. The molecule has 0 rings (SSSR count). The van der Waals surface area contributed by atoms with Gasteiger partial charge in [-0.1, -0.05) is 6.58 Å². The van der Waals surface area contributed by atoms with E-state index in [0.717, 1.165) is 18.0 Å². The smallest absolute Gasteiger partial charge is 0.344 e. The van der Waals surface area contributed by atoms with Crippen molar-refractivity contribution in [3.8, 4) is 0 Å². The van der Waals surface area contributed by atoms with E-state index in [1.54, 1.807) is 0 Å². The molecule has 0 atom stereocenters. The number of allylic oxidation sites excluding steroid dienone is 1. The maximum absolute atomic E-state index is 8.96. The van der Waals surface area contributed by atoms with Crippen LogP contribution in [-0.2, 0) is 8.23 Å². The van der Waals surface area contributed by atoms with Crippen molar-refractivity contribution in [2.45, 2.75) is 58.7 Å². The first-order chi connectivity index (χ1) is 7.90. The lowest BCUT2D eigenvalue weighted by Gasteiger charge is -2.39. The molecule has 0 radical (unpaired) electrons. The molecule has 3 nitrogen and oxygen atoms in total. The SMILES string of the molecule is C=C(CCCO)[Si](C)(O[Si](C)(C)C)O[Si](C)(C)C. The third-order valence-electron chi connectivity index (χ3n) is 2.28. The summed E-state index contributed by atoms with van der Waals surface area (Å²) in [6.07, 6.45) is 1.54. The fourth-order valence-electron chi connectivity index (χ4n) is 1.85. The Bertz CT molecular complexity index is 263. The molecule has 0 aromatic carbocycles. The van der Waals surface area contributed by atoms with E-state index in [0.29, 0.717) is 0 Å². The molecule has 108 valence electrons. The number of aliphatic hydroxyl groups is 1. The molecule has 0 aromatic heterocycles. The predicted molar refractivity (Wildman–Crippen MR) is 85.9 cm³/mol. The van der Waals surface area contributed by atoms with Crippen molar-refractivity contribution in [2.75, 3.05) is 6.61 Å². The molecule has 1 N–H and O–H groups in total. The second-order valence-corrected chi connectivity index (χ2v) is 19.5. The van der Waals surface area contributed by atoms with Gasteiger partial charge >= 0.3 is 8.56 Å². The van der Waals surface area contributed by atoms with Crippen LogP contribution in [0.25, 0.3) is 0 Å². The van der Waals surface area contributed by atoms with Gasteiger partial charge in [-0.15, -0.1) is 0 Å². The van der Waals surface area contributed by atoms with Crippen molar-refractivity contribution in [3.05, 3.63) is 11.8 Å². The molecule has 0 aliphatic rings. The predicted octanol–water partition coefficient (Wildman–Crippen LogP) is 3.63. The molecule has 6 heteroatoms. The highest BCUT2D eigenvalue weighted by molar-refractivity contribution is 6.90. The van der Waals surface area contributed by atoms with Gasteiger partial charge in [-0.2, -0.15) is 0 Å². The first-order valence-corrected chi connectivity index (χ1v) is 15.7. The molecular weight excluding hydrogens is 276 g/mol. The van der Waals surface area contributed by atoms with Crippen LogP contribution in [0.1, 0.15) is 12.8 Å². The van der Waals surface area contributed by atoms with Gasteiger partial charge in [-0.25, -0.2) is 0 Å². The fraction of sp³-hybridized carbons (Fsp3) is 0.833. The Kier molecular flexibility index (Phi) is 6.72. The Morgan fingerprint density at radius 2 is 1.33 bits per heavy atom. The normalized spacial score (nSPS) is 13.8. The number of rotatable bonds is 8. The van der Waals surface area contributed by atoms with Crippen molar-refractivity contribution in [1.29, 1.82) is 0 Å². The number of hydrogen-bond donors (Lipinski definition) is 1. The summed E-state index contributed by atoms with van der Waals surface area (Å²) >= 11 is 0. The van der Waals surface area contributed by atoms with Crippen molar-refractivity contribution >= 4 is 25.2 Å². The van der Waals surface area contributed by atoms with Crippen LogP contribution in [0.15, 0.2) is 11.8 Å². The Morgan fingerprint density at radius 3 is 1.61 bits per heavy atom. The second-order valence-electron chi connectivity index (χ2n) is 6.81. The summed E-state index contributed by atoms with van der Waals surface area (Å²) in [5.74, 6) is 0. The number of hydrogen-bond acceptors (Lipinski definition) is 3. The highest BCUT2D eigenvalue weighted by atomic mass is 28.5. The Morgan fingerprint density at radius 1 is 0.944 bits per heavy atom. The molecule has 0 unspecified atom stereocenters. The van der Waals surface area contributed by atoms with Gasteiger partial charge in [0.1, 0.15) is 0 Å². The zero-order valence-electron chi connectivity index (χ0n) is 13.1. The molecule has 0 saturated carbocycles. The van der Waals surface area contributed by atoms with Gasteiger partial charge in [0.25, 0.3) is 0 Å². The summed E-state index contributed by atoms with van der Waals surface area (Å²) < 4.78 is 12.7. The standard InChI is InChI=1S/C12H30O3Si3/c1-12(10-9-11-13)18(8,14-16(2,3)4)15-17(5,6)7/h13H,1,9-11H2,2-8H3. The van der Waals surface area contributed by atoms with Crippen LogP contribution in [0.3, 0.4) is 0 Å². The Hall–Kier alpha value is 0.271. The van der Waals surface area contributed by atoms with Crippen LogP contribution in [0, 0.1) is 0 Å². The molecule has 0 spiro atoms. The largest absolute Gasteiger partial charge is 0.434 e. The maximum Gasteiger partial charge on any atom is 0.344 e. The highest BCUT2D eigenvalue weighted by Gasteiger charge is 2.42. The summed E-state index contributed by atoms with van der Waals surface area (Å²) in [6, 6.07) is 0. The first kappa shape index (κ1) is 18.3. The third-order valence-corrected chi connectivity index (χ3v) is 11.8. The minimum absolute atomic E-state index is 0.198. The lowest BCUT2D eigenvalue weighted by molar-refractivity contribution is 0.288. The topological polar surface area (TPSA) is 38.7 Å². The average Bonchev–Trinajstić information content (AvgIpc) is 2.07. The lowest BCUT2D eigenvalue weighted by atomic mass is 10.3. The Labute approximate surface area is 116 Å². The molecule has 0 bridgehead atoms. The fourth-order valence-corrected chi connectivity index (χ4v) is 13.5. The third kappa shape index (κ3) is 7.65. The van der Waals surface area contributed by atoms with E-state index in [1.165, 1.54) is 0 Å². The van der Waals surface area contributed by atoms with E-state index in [9.17, 15) is 0 Å². The van der Waals surface area contributed by atoms with E-state index in [1.807, 2.05) is 0 Å². The number of aliphatic hydroxyl groups excluding tert-OH is 1. The van der Waals surface area contributed by atoms with E-state index in [2.05, 4.69) is 52.4 Å². The van der Waals surface area contributed by atoms with Crippen LogP contribution in [0.4, 0.5) is 0 Å². The molecule has 0 fully saturated rings. The van der Waals surface area contributed by atoms with Crippen molar-refractivity contribution in [2.24, 2.45) is 0 Å². The van der Waals surface area contributed by atoms with Crippen molar-refractivity contribution in [3.63, 3.8) is 0 Å². The first-order valence-electron chi connectivity index (χ1n) is 6.59. The monoisotopic (exact) mass is 306 g/mol. The molecule has 0 heterocycles. The summed E-state index contributed by atoms with van der Waals surface area (Å²) in [5, 5.41) is 10.0. The van der Waals surface area contributed by atoms with E-state index in [4.69, 9.17) is 13.3 Å². The van der Waals surface area contributed by atoms with E-state index >= 15 is 0 Å². The summed E-state index contributed by atoms with van der Waals surface area (Å²) in [7, 11) is -5.66. The van der Waals surface area contributed by atoms with Gasteiger partial charge < -0.3 is 13.3 Å². The van der Waals surface area contributed by atoms with Crippen LogP contribution in [0.5, 0.6) is 0 Å². The minimum Gasteiger partial charge on any atom is -0.434 e. The summed E-state index contributed by atoms with van der Waals surface area (Å²) in [6.45, 7) is 19.6. The Balaban J connectivity index is 4.96. The molecule has 0 amide bonds. The van der Waals surface area contributed by atoms with E-state index in [-0.39, 0.29) is 6.61 Å². The van der Waals surface area contributed by atoms with E-state index < -0.39 is 25.2 Å². The molecule has 0 saturated heterocycles. The zero-order valence-corrected chi connectivity index (χ0v) is 16.1. The van der Waals surface area contributed by atoms with Crippen LogP contribution < -0.4 is 0 Å². The van der Waals surface area contributed by atoms with Crippen LogP contribution in [-0.4, -0.2) is 36.9 Å². The molecule has 0 aliphatic heterocycles. The van der Waals surface area contributed by atoms with Gasteiger partial charge in [0.15, 0.2) is 16.6 Å². The molecule has 0 aliphatic carbocycles. The van der Waals surface area contributed by atoms with Gasteiger partial charge in [-0.05, 0) is 63.9 Å². The lowest BCUT2D eigenvalue weighted by Crippen LogP contribution is -2.54. The molecule has 18 heavy (non-hydrogen) atoms. The van der Waals surface area contributed by atoms with Crippen LogP contribution >= 0.6 is 0 Å². The van der Waals surface area contributed by atoms with Crippen LogP contribution in [0.2, 0.25) is 45.8 Å². The quantitative estimate of drug-likeness (QED) is 0.696. The van der Waals surface area contributed by atoms with Gasteiger partial charge in [0, 0.05) is 6.61 Å².